The van der Waals surface area contributed by atoms with Gasteiger partial charge < -0.3 is 30.0 Å². The number of amides is 1. The highest BCUT2D eigenvalue weighted by Crippen LogP contribution is 2.46. The molecule has 0 bridgehead atoms. The minimum atomic E-state index is -0.722. The zero-order valence-electron chi connectivity index (χ0n) is 21.8. The number of methoxy groups -OCH3 is 3. The van der Waals surface area contributed by atoms with Crippen molar-refractivity contribution in [3.8, 4) is 44.7 Å². The highest BCUT2D eigenvalue weighted by atomic mass is 32.1. The normalized spacial score (nSPS) is 11.5. The quantitative estimate of drug-likeness (QED) is 0.266. The average Bonchev–Trinajstić information content (AvgIpc) is 3.36. The molecule has 1 amide bonds. The molecule has 1 aromatic heterocycles. The first-order valence-electron chi connectivity index (χ1n) is 12.1. The Hall–Kier alpha value is -4.08. The first-order chi connectivity index (χ1) is 18.5. The van der Waals surface area contributed by atoms with Crippen molar-refractivity contribution in [2.24, 2.45) is 5.73 Å². The highest BCUT2D eigenvalue weighted by molar-refractivity contribution is 7.19. The summed E-state index contributed by atoms with van der Waals surface area (Å²) >= 11 is 1.34. The Balaban J connectivity index is 1.72. The maximum atomic E-state index is 13.0. The molecule has 0 aliphatic carbocycles. The van der Waals surface area contributed by atoms with Crippen LogP contribution in [0.3, 0.4) is 0 Å². The van der Waals surface area contributed by atoms with Crippen LogP contribution in [0, 0.1) is 0 Å². The van der Waals surface area contributed by atoms with E-state index in [2.05, 4.69) is 5.32 Å². The number of carbonyl (C=O) groups is 1. The second-order valence-corrected chi connectivity index (χ2v) is 9.35. The molecule has 3 N–H and O–H groups in total. The fourth-order valence-electron chi connectivity index (χ4n) is 4.01. The molecule has 4 aromatic rings. The van der Waals surface area contributed by atoms with Gasteiger partial charge in [0.05, 0.1) is 44.5 Å². The van der Waals surface area contributed by atoms with E-state index >= 15 is 0 Å². The van der Waals surface area contributed by atoms with E-state index in [-0.39, 0.29) is 5.91 Å². The van der Waals surface area contributed by atoms with Gasteiger partial charge in [-0.2, -0.15) is 0 Å². The molecule has 0 fully saturated rings. The Bertz CT molecular complexity index is 1350. The third-order valence-electron chi connectivity index (χ3n) is 5.86. The lowest BCUT2D eigenvalue weighted by Crippen LogP contribution is -2.37. The van der Waals surface area contributed by atoms with Gasteiger partial charge in [0, 0.05) is 11.1 Å². The molecule has 0 aliphatic heterocycles. The lowest BCUT2D eigenvalue weighted by Gasteiger charge is -2.14. The number of aromatic nitrogens is 1. The van der Waals surface area contributed by atoms with Gasteiger partial charge in [-0.1, -0.05) is 41.7 Å². The van der Waals surface area contributed by atoms with Gasteiger partial charge >= 0.3 is 0 Å². The van der Waals surface area contributed by atoms with Crippen molar-refractivity contribution < 1.29 is 23.7 Å². The van der Waals surface area contributed by atoms with E-state index in [0.29, 0.717) is 41.1 Å². The van der Waals surface area contributed by atoms with Gasteiger partial charge in [0.1, 0.15) is 5.75 Å². The molecule has 0 aliphatic rings. The predicted octanol–water partition coefficient (Wildman–Crippen LogP) is 5.41. The lowest BCUT2D eigenvalue weighted by molar-refractivity contribution is -0.117. The van der Waals surface area contributed by atoms with Crippen molar-refractivity contribution in [1.29, 1.82) is 0 Å². The Morgan fingerprint density at radius 2 is 1.61 bits per heavy atom. The number of nitrogens with zero attached hydrogens (tertiary/aromatic N) is 1. The highest BCUT2D eigenvalue weighted by Gasteiger charge is 2.22. The molecule has 1 atom stereocenters. The zero-order chi connectivity index (χ0) is 27.1. The number of hydrogen-bond donors (Lipinski definition) is 2. The summed E-state index contributed by atoms with van der Waals surface area (Å²) in [5.41, 5.74) is 9.57. The number of nitrogens with two attached hydrogens (primary N) is 1. The number of nitrogens with one attached hydrogen (secondary N) is 1. The first-order valence-corrected chi connectivity index (χ1v) is 12.9. The van der Waals surface area contributed by atoms with Crippen molar-refractivity contribution in [2.75, 3.05) is 33.3 Å². The smallest absolute Gasteiger partial charge is 0.243 e. The van der Waals surface area contributed by atoms with Crippen molar-refractivity contribution in [1.82, 2.24) is 4.98 Å². The number of thiazole rings is 1. The van der Waals surface area contributed by atoms with Gasteiger partial charge in [0.2, 0.25) is 11.7 Å². The zero-order valence-corrected chi connectivity index (χ0v) is 22.6. The number of anilines is 1. The fraction of sp³-hybridized carbons (Fsp3) is 0.241. The van der Waals surface area contributed by atoms with Crippen LogP contribution in [0.4, 0.5) is 5.13 Å². The summed E-state index contributed by atoms with van der Waals surface area (Å²) in [5, 5.41) is 3.34. The van der Waals surface area contributed by atoms with Crippen LogP contribution in [0.5, 0.6) is 23.0 Å². The minimum absolute atomic E-state index is 0.308. The van der Waals surface area contributed by atoms with E-state index in [9.17, 15) is 4.79 Å². The predicted molar refractivity (Wildman–Crippen MR) is 151 cm³/mol. The van der Waals surface area contributed by atoms with E-state index in [0.717, 1.165) is 27.3 Å². The third-order valence-corrected chi connectivity index (χ3v) is 6.88. The number of benzene rings is 3. The number of hydrogen-bond acceptors (Lipinski definition) is 8. The van der Waals surface area contributed by atoms with E-state index < -0.39 is 6.04 Å². The van der Waals surface area contributed by atoms with E-state index in [1.165, 1.54) is 11.3 Å². The van der Waals surface area contributed by atoms with Crippen LogP contribution in [0.15, 0.2) is 66.7 Å². The summed E-state index contributed by atoms with van der Waals surface area (Å²) in [6, 6.07) is 20.3. The maximum absolute atomic E-state index is 13.0. The standard InChI is InChI=1S/C29H31N3O5S/c1-5-37-21-13-11-19(12-14-21)25-27(20-16-23(34-2)26(36-4)24(17-20)35-3)38-29(31-25)32-28(33)22(30)15-18-9-7-6-8-10-18/h6-14,16-17,22H,5,15,30H2,1-4H3,(H,31,32,33)/t22-/m0/s1. The molecule has 0 unspecified atom stereocenters. The molecular formula is C29H31N3O5S. The molecular weight excluding hydrogens is 502 g/mol. The van der Waals surface area contributed by atoms with Crippen LogP contribution in [-0.2, 0) is 11.2 Å². The summed E-state index contributed by atoms with van der Waals surface area (Å²) < 4.78 is 22.2. The molecule has 8 nitrogen and oxygen atoms in total. The topological polar surface area (TPSA) is 105 Å². The van der Waals surface area contributed by atoms with Gasteiger partial charge in [-0.3, -0.25) is 4.79 Å². The molecule has 9 heteroatoms. The summed E-state index contributed by atoms with van der Waals surface area (Å²) in [4.78, 5) is 18.6. The Morgan fingerprint density at radius 1 is 0.947 bits per heavy atom. The van der Waals surface area contributed by atoms with E-state index in [1.807, 2.05) is 73.7 Å². The van der Waals surface area contributed by atoms with Crippen molar-refractivity contribution in [3.63, 3.8) is 0 Å². The molecule has 3 aromatic carbocycles. The van der Waals surface area contributed by atoms with Crippen molar-refractivity contribution in [3.05, 3.63) is 72.3 Å². The van der Waals surface area contributed by atoms with Gasteiger partial charge in [-0.15, -0.1) is 0 Å². The minimum Gasteiger partial charge on any atom is -0.494 e. The van der Waals surface area contributed by atoms with Crippen LogP contribution in [-0.4, -0.2) is 44.9 Å². The third kappa shape index (κ3) is 6.07. The molecule has 4 rings (SSSR count). The Kier molecular flexibility index (Phi) is 8.83. The van der Waals surface area contributed by atoms with Gasteiger partial charge in [-0.05, 0) is 55.3 Å². The van der Waals surface area contributed by atoms with E-state index in [1.54, 1.807) is 21.3 Å². The monoisotopic (exact) mass is 533 g/mol. The average molecular weight is 534 g/mol. The molecule has 1 heterocycles. The molecule has 38 heavy (non-hydrogen) atoms. The summed E-state index contributed by atoms with van der Waals surface area (Å²) in [5.74, 6) is 1.98. The van der Waals surface area contributed by atoms with Crippen LogP contribution < -0.4 is 30.0 Å². The summed E-state index contributed by atoms with van der Waals surface area (Å²) in [6.45, 7) is 2.51. The number of carbonyl (C=O) groups excluding carboxylic acids is 1. The van der Waals surface area contributed by atoms with Crippen LogP contribution in [0.1, 0.15) is 12.5 Å². The number of ether oxygens (including phenoxy) is 4. The van der Waals surface area contributed by atoms with E-state index in [4.69, 9.17) is 29.7 Å². The van der Waals surface area contributed by atoms with Crippen molar-refractivity contribution >= 4 is 22.4 Å². The Labute approximate surface area is 226 Å². The largest absolute Gasteiger partial charge is 0.494 e. The molecule has 0 spiro atoms. The van der Waals surface area contributed by atoms with Crippen molar-refractivity contribution in [2.45, 2.75) is 19.4 Å². The SMILES string of the molecule is CCOc1ccc(-c2nc(NC(=O)[C@@H](N)Cc3ccccc3)sc2-c2cc(OC)c(OC)c(OC)c2)cc1. The molecule has 0 saturated carbocycles. The summed E-state index contributed by atoms with van der Waals surface area (Å²) in [6.07, 6.45) is 0.420. The van der Waals surface area contributed by atoms with Gasteiger partial charge in [0.15, 0.2) is 16.6 Å². The first kappa shape index (κ1) is 27.0. The van der Waals surface area contributed by atoms with Crippen LogP contribution in [0.2, 0.25) is 0 Å². The van der Waals surface area contributed by atoms with Gasteiger partial charge in [-0.25, -0.2) is 4.98 Å². The Morgan fingerprint density at radius 3 is 2.18 bits per heavy atom. The number of rotatable bonds is 11. The lowest BCUT2D eigenvalue weighted by atomic mass is 10.1. The van der Waals surface area contributed by atoms with Crippen LogP contribution >= 0.6 is 11.3 Å². The molecule has 0 saturated heterocycles. The second kappa shape index (κ2) is 12.4. The molecule has 198 valence electrons. The maximum Gasteiger partial charge on any atom is 0.243 e. The fourth-order valence-corrected chi connectivity index (χ4v) is 4.99. The summed E-state index contributed by atoms with van der Waals surface area (Å²) in [7, 11) is 4.70. The second-order valence-electron chi connectivity index (χ2n) is 8.35. The van der Waals surface area contributed by atoms with Gasteiger partial charge in [0.25, 0.3) is 0 Å². The molecule has 0 radical (unpaired) electrons. The van der Waals surface area contributed by atoms with Crippen LogP contribution in [0.25, 0.3) is 21.7 Å².